The topological polar surface area (TPSA) is 87.0 Å². The summed E-state index contributed by atoms with van der Waals surface area (Å²) in [6.07, 6.45) is 3.64. The third-order valence-electron chi connectivity index (χ3n) is 4.76. The summed E-state index contributed by atoms with van der Waals surface area (Å²) in [5, 5.41) is 9.97. The summed E-state index contributed by atoms with van der Waals surface area (Å²) in [5.74, 6) is -2.87. The van der Waals surface area contributed by atoms with Crippen LogP contribution in [0.5, 0.6) is 0 Å². The Balaban J connectivity index is 1.72. The molecule has 0 aliphatic heterocycles. The molecule has 1 N–H and O–H groups in total. The highest BCUT2D eigenvalue weighted by molar-refractivity contribution is 9.10. The second-order valence-corrected chi connectivity index (χ2v) is 8.76. The Kier molecular flexibility index (Phi) is 5.54. The minimum absolute atomic E-state index is 0.0575. The van der Waals surface area contributed by atoms with E-state index in [0.29, 0.717) is 16.2 Å². The fourth-order valence-electron chi connectivity index (χ4n) is 3.27. The summed E-state index contributed by atoms with van der Waals surface area (Å²) in [4.78, 5) is 26.2. The van der Waals surface area contributed by atoms with Crippen LogP contribution >= 0.6 is 27.7 Å². The maximum Gasteiger partial charge on any atom is 0.377 e. The van der Waals surface area contributed by atoms with Crippen molar-refractivity contribution < 1.29 is 23.5 Å². The van der Waals surface area contributed by atoms with Crippen molar-refractivity contribution >= 4 is 50.3 Å². The Hall–Kier alpha value is -2.46. The van der Waals surface area contributed by atoms with Crippen LogP contribution < -0.4 is 10.4 Å². The van der Waals surface area contributed by atoms with Crippen molar-refractivity contribution in [2.75, 3.05) is 6.54 Å². The number of rotatable bonds is 7. The predicted octanol–water partition coefficient (Wildman–Crippen LogP) is 3.22. The average molecular weight is 495 g/mol. The van der Waals surface area contributed by atoms with E-state index in [4.69, 9.17) is 0 Å². The number of imidazole rings is 1. The van der Waals surface area contributed by atoms with Crippen molar-refractivity contribution in [1.29, 1.82) is 0 Å². The number of nitrogens with zero attached hydrogens (tertiary/aromatic N) is 2. The number of nitrogens with one attached hydrogen (secondary N) is 1. The zero-order chi connectivity index (χ0) is 21.5. The lowest BCUT2D eigenvalue weighted by Gasteiger charge is -2.18. The number of aliphatic carboxylic acids is 1. The molecule has 156 valence electrons. The lowest BCUT2D eigenvalue weighted by molar-refractivity contribution is -0.304. The van der Waals surface area contributed by atoms with E-state index in [1.807, 2.05) is 36.4 Å². The van der Waals surface area contributed by atoms with Crippen LogP contribution in [-0.2, 0) is 9.59 Å². The molecule has 6 nitrogen and oxygen atoms in total. The van der Waals surface area contributed by atoms with E-state index in [0.717, 1.165) is 23.6 Å². The van der Waals surface area contributed by atoms with Crippen molar-refractivity contribution in [2.45, 2.75) is 29.2 Å². The van der Waals surface area contributed by atoms with Gasteiger partial charge in [-0.15, -0.1) is 0 Å². The molecule has 1 aromatic heterocycles. The van der Waals surface area contributed by atoms with Crippen molar-refractivity contribution in [3.8, 4) is 5.69 Å². The number of carbonyl (C=O) groups excluding carboxylic acids is 2. The molecule has 4 rings (SSSR count). The highest BCUT2D eigenvalue weighted by Crippen LogP contribution is 2.45. The molecule has 0 unspecified atom stereocenters. The molecule has 0 atom stereocenters. The van der Waals surface area contributed by atoms with Crippen LogP contribution in [0, 0.1) is 0 Å². The first-order valence-electron chi connectivity index (χ1n) is 9.08. The number of carbonyl (C=O) groups is 2. The number of halogens is 3. The first-order valence-corrected chi connectivity index (χ1v) is 10.7. The third kappa shape index (κ3) is 4.06. The summed E-state index contributed by atoms with van der Waals surface area (Å²) < 4.78 is 30.8. The van der Waals surface area contributed by atoms with Crippen LogP contribution in [-0.4, -0.2) is 33.2 Å². The summed E-state index contributed by atoms with van der Waals surface area (Å²) >= 11 is 3.29. The first-order chi connectivity index (χ1) is 14.3. The fourth-order valence-corrected chi connectivity index (χ4v) is 4.64. The van der Waals surface area contributed by atoms with Crippen molar-refractivity contribution in [3.63, 3.8) is 0 Å². The quantitative estimate of drug-likeness (QED) is 0.509. The molecular weight excluding hydrogens is 480 g/mol. The SMILES string of the molecule is O=C([O-])CNC(=O)C(F)(F)Sc1ncc(Br)n1-c1ccc(C2CC2)c2ccccc12. The normalized spacial score (nSPS) is 14.1. The van der Waals surface area contributed by atoms with Gasteiger partial charge in [0.2, 0.25) is 0 Å². The largest absolute Gasteiger partial charge is 0.548 e. The van der Waals surface area contributed by atoms with Gasteiger partial charge in [0.1, 0.15) is 4.60 Å². The van der Waals surface area contributed by atoms with Crippen molar-refractivity contribution in [1.82, 2.24) is 14.9 Å². The third-order valence-corrected chi connectivity index (χ3v) is 6.23. The van der Waals surface area contributed by atoms with Gasteiger partial charge in [0.05, 0.1) is 24.4 Å². The number of hydrogen-bond donors (Lipinski definition) is 1. The zero-order valence-corrected chi connectivity index (χ0v) is 17.8. The standard InChI is InChI=1S/C20H16BrF2N3O3S/c21-16-9-25-19(30-20(22,23)18(29)24-10-17(27)28)26(16)15-8-7-12(11-5-6-11)13-3-1-2-4-14(13)15/h1-4,7-9,11H,5-6,10H2,(H,24,29)(H,27,28)/p-1. The minimum atomic E-state index is -3.93. The van der Waals surface area contributed by atoms with Gasteiger partial charge in [0, 0.05) is 5.39 Å². The highest BCUT2D eigenvalue weighted by Gasteiger charge is 2.42. The van der Waals surface area contributed by atoms with E-state index in [1.165, 1.54) is 16.3 Å². The molecular formula is C20H15BrF2N3O3S-. The highest BCUT2D eigenvalue weighted by atomic mass is 79.9. The number of benzene rings is 2. The summed E-state index contributed by atoms with van der Waals surface area (Å²) in [5.41, 5.74) is 1.87. The van der Waals surface area contributed by atoms with Crippen LogP contribution in [0.25, 0.3) is 16.5 Å². The Morgan fingerprint density at radius 1 is 1.23 bits per heavy atom. The monoisotopic (exact) mass is 494 g/mol. The van der Waals surface area contributed by atoms with E-state index in [2.05, 4.69) is 20.9 Å². The summed E-state index contributed by atoms with van der Waals surface area (Å²) in [6, 6.07) is 11.6. The number of amides is 1. The maximum absolute atomic E-state index is 14.4. The zero-order valence-electron chi connectivity index (χ0n) is 15.4. The molecule has 10 heteroatoms. The molecule has 2 aromatic carbocycles. The van der Waals surface area contributed by atoms with E-state index in [1.54, 1.807) is 5.32 Å². The molecule has 0 radical (unpaired) electrons. The van der Waals surface area contributed by atoms with Gasteiger partial charge in [-0.25, -0.2) is 4.98 Å². The summed E-state index contributed by atoms with van der Waals surface area (Å²) in [7, 11) is 0. The maximum atomic E-state index is 14.4. The van der Waals surface area contributed by atoms with Crippen LogP contribution in [0.15, 0.2) is 52.4 Å². The molecule has 1 fully saturated rings. The fraction of sp³-hybridized carbons (Fsp3) is 0.250. The van der Waals surface area contributed by atoms with Crippen molar-refractivity contribution in [2.24, 2.45) is 0 Å². The molecule has 1 aliphatic rings. The van der Waals surface area contributed by atoms with E-state index in [9.17, 15) is 23.5 Å². The van der Waals surface area contributed by atoms with E-state index < -0.39 is 23.7 Å². The van der Waals surface area contributed by atoms with Crippen LogP contribution in [0.2, 0.25) is 0 Å². The van der Waals surface area contributed by atoms with Crippen molar-refractivity contribution in [3.05, 3.63) is 52.8 Å². The lowest BCUT2D eigenvalue weighted by Crippen LogP contribution is -2.44. The van der Waals surface area contributed by atoms with Gasteiger partial charge < -0.3 is 15.2 Å². The van der Waals surface area contributed by atoms with Gasteiger partial charge in [0.15, 0.2) is 5.16 Å². The smallest absolute Gasteiger partial charge is 0.377 e. The van der Waals surface area contributed by atoms with Gasteiger partial charge in [-0.05, 0) is 63.5 Å². The van der Waals surface area contributed by atoms with Gasteiger partial charge in [-0.2, -0.15) is 8.78 Å². The lowest BCUT2D eigenvalue weighted by atomic mass is 9.99. The Morgan fingerprint density at radius 2 is 1.93 bits per heavy atom. The molecule has 1 amide bonds. The van der Waals surface area contributed by atoms with Crippen LogP contribution in [0.3, 0.4) is 0 Å². The van der Waals surface area contributed by atoms with Gasteiger partial charge in [0.25, 0.3) is 0 Å². The molecule has 30 heavy (non-hydrogen) atoms. The number of carboxylic acids is 1. The van der Waals surface area contributed by atoms with Gasteiger partial charge in [-0.1, -0.05) is 30.3 Å². The first kappa shape index (κ1) is 20.8. The molecule has 0 spiro atoms. The second kappa shape index (κ2) is 7.99. The van der Waals surface area contributed by atoms with E-state index >= 15 is 0 Å². The van der Waals surface area contributed by atoms with Gasteiger partial charge >= 0.3 is 11.2 Å². The van der Waals surface area contributed by atoms with Gasteiger partial charge in [-0.3, -0.25) is 9.36 Å². The average Bonchev–Trinajstić information content (AvgIpc) is 3.49. The molecule has 3 aromatic rings. The number of hydrogen-bond acceptors (Lipinski definition) is 5. The number of carboxylic acid groups (broad SMARTS) is 1. The van der Waals surface area contributed by atoms with Crippen LogP contribution in [0.1, 0.15) is 24.3 Å². The Bertz CT molecular complexity index is 1150. The molecule has 1 aliphatic carbocycles. The number of alkyl halides is 2. The van der Waals surface area contributed by atoms with Crippen LogP contribution in [0.4, 0.5) is 8.78 Å². The molecule has 1 heterocycles. The Morgan fingerprint density at radius 3 is 2.60 bits per heavy atom. The second-order valence-electron chi connectivity index (χ2n) is 6.87. The molecule has 0 saturated heterocycles. The minimum Gasteiger partial charge on any atom is -0.548 e. The molecule has 0 bridgehead atoms. The predicted molar refractivity (Wildman–Crippen MR) is 110 cm³/mol. The number of fused-ring (bicyclic) bond motifs is 1. The molecule has 1 saturated carbocycles. The number of aromatic nitrogens is 2. The summed E-state index contributed by atoms with van der Waals surface area (Å²) in [6.45, 7) is -1.000. The van der Waals surface area contributed by atoms with E-state index in [-0.39, 0.29) is 16.9 Å². The number of thioether (sulfide) groups is 1. The Labute approximate surface area is 182 Å².